The molecule has 108 valence electrons. The Morgan fingerprint density at radius 2 is 1.95 bits per heavy atom. The lowest BCUT2D eigenvalue weighted by Crippen LogP contribution is -2.55. The summed E-state index contributed by atoms with van der Waals surface area (Å²) in [6, 6.07) is 6.72. The molecule has 1 atom stereocenters. The molecule has 0 amide bonds. The van der Waals surface area contributed by atoms with Crippen LogP contribution in [0.15, 0.2) is 18.2 Å². The summed E-state index contributed by atoms with van der Waals surface area (Å²) in [4.78, 5) is 2.26. The van der Waals surface area contributed by atoms with Crippen molar-refractivity contribution < 1.29 is 4.74 Å². The van der Waals surface area contributed by atoms with Gasteiger partial charge < -0.3 is 15.0 Å². The Kier molecular flexibility index (Phi) is 5.39. The Balaban J connectivity index is 3.02. The molecule has 0 heterocycles. The van der Waals surface area contributed by atoms with E-state index in [0.29, 0.717) is 6.04 Å². The number of likely N-dealkylation sites (N-methyl/N-ethyl adjacent to an activating group) is 2. The molecule has 0 bridgehead atoms. The molecule has 1 aromatic rings. The number of rotatable bonds is 6. The first-order valence-corrected chi connectivity index (χ1v) is 6.81. The van der Waals surface area contributed by atoms with Crippen molar-refractivity contribution in [2.45, 2.75) is 38.8 Å². The number of benzene rings is 1. The zero-order valence-electron chi connectivity index (χ0n) is 13.4. The maximum absolute atomic E-state index is 5.48. The molecule has 0 saturated carbocycles. The molecule has 3 heteroatoms. The van der Waals surface area contributed by atoms with Crippen molar-refractivity contribution in [2.24, 2.45) is 0 Å². The first kappa shape index (κ1) is 16.0. The molecule has 0 saturated heterocycles. The lowest BCUT2D eigenvalue weighted by atomic mass is 9.87. The Bertz CT molecular complexity index is 413. The fraction of sp³-hybridized carbons (Fsp3) is 0.625. The van der Waals surface area contributed by atoms with Gasteiger partial charge in [-0.2, -0.15) is 0 Å². The normalized spacial score (nSPS) is 13.7. The van der Waals surface area contributed by atoms with Crippen LogP contribution in [0, 0.1) is 6.92 Å². The number of nitrogens with one attached hydrogen (secondary N) is 1. The van der Waals surface area contributed by atoms with Gasteiger partial charge in [0.1, 0.15) is 5.75 Å². The number of methoxy groups -OCH3 is 1. The molecule has 1 rings (SSSR count). The van der Waals surface area contributed by atoms with Gasteiger partial charge in [-0.25, -0.2) is 0 Å². The fourth-order valence-corrected chi connectivity index (χ4v) is 2.30. The van der Waals surface area contributed by atoms with Gasteiger partial charge in [-0.1, -0.05) is 17.7 Å². The monoisotopic (exact) mass is 264 g/mol. The molecule has 0 spiro atoms. The van der Waals surface area contributed by atoms with Gasteiger partial charge in [-0.15, -0.1) is 0 Å². The van der Waals surface area contributed by atoms with Crippen LogP contribution >= 0.6 is 0 Å². The second kappa shape index (κ2) is 6.40. The van der Waals surface area contributed by atoms with Crippen molar-refractivity contribution in [3.05, 3.63) is 29.3 Å². The van der Waals surface area contributed by atoms with E-state index in [1.54, 1.807) is 7.11 Å². The van der Waals surface area contributed by atoms with E-state index in [9.17, 15) is 0 Å². The van der Waals surface area contributed by atoms with Crippen molar-refractivity contribution >= 4 is 0 Å². The van der Waals surface area contributed by atoms with E-state index in [1.807, 2.05) is 7.05 Å². The number of ether oxygens (including phenoxy) is 1. The van der Waals surface area contributed by atoms with Gasteiger partial charge in [0.25, 0.3) is 0 Å². The van der Waals surface area contributed by atoms with E-state index in [-0.39, 0.29) is 5.54 Å². The molecule has 3 nitrogen and oxygen atoms in total. The molecule has 0 aliphatic carbocycles. The third-order valence-electron chi connectivity index (χ3n) is 4.21. The van der Waals surface area contributed by atoms with E-state index in [0.717, 1.165) is 12.2 Å². The summed E-state index contributed by atoms with van der Waals surface area (Å²) in [6.07, 6.45) is 0.951. The van der Waals surface area contributed by atoms with Crippen LogP contribution in [0.3, 0.4) is 0 Å². The molecule has 0 aliphatic heterocycles. The maximum atomic E-state index is 5.48. The summed E-state index contributed by atoms with van der Waals surface area (Å²) in [5, 5.41) is 3.45. The quantitative estimate of drug-likeness (QED) is 0.854. The number of hydrogen-bond acceptors (Lipinski definition) is 3. The first-order chi connectivity index (χ1) is 8.82. The van der Waals surface area contributed by atoms with Crippen LogP contribution in [0.1, 0.15) is 25.0 Å². The van der Waals surface area contributed by atoms with Gasteiger partial charge >= 0.3 is 0 Å². The second-order valence-corrected chi connectivity index (χ2v) is 5.91. The van der Waals surface area contributed by atoms with Crippen LogP contribution in [0.2, 0.25) is 0 Å². The van der Waals surface area contributed by atoms with E-state index in [4.69, 9.17) is 4.74 Å². The topological polar surface area (TPSA) is 24.5 Å². The summed E-state index contributed by atoms with van der Waals surface area (Å²) < 4.78 is 5.48. The summed E-state index contributed by atoms with van der Waals surface area (Å²) in [5.74, 6) is 0.973. The third kappa shape index (κ3) is 3.71. The van der Waals surface area contributed by atoms with Gasteiger partial charge in [0.15, 0.2) is 0 Å². The summed E-state index contributed by atoms with van der Waals surface area (Å²) in [7, 11) is 8.01. The highest BCUT2D eigenvalue weighted by atomic mass is 16.5. The van der Waals surface area contributed by atoms with Gasteiger partial charge in [0.05, 0.1) is 7.11 Å². The summed E-state index contributed by atoms with van der Waals surface area (Å²) in [5.41, 5.74) is 2.61. The van der Waals surface area contributed by atoms with Crippen LogP contribution in [0.5, 0.6) is 5.75 Å². The minimum atomic E-state index is 0.0729. The highest BCUT2D eigenvalue weighted by Crippen LogP contribution is 2.25. The van der Waals surface area contributed by atoms with Crippen LogP contribution in [0.25, 0.3) is 0 Å². The zero-order valence-corrected chi connectivity index (χ0v) is 13.4. The van der Waals surface area contributed by atoms with Gasteiger partial charge in [0.2, 0.25) is 0 Å². The highest BCUT2D eigenvalue weighted by Gasteiger charge is 2.31. The van der Waals surface area contributed by atoms with Crippen LogP contribution in [-0.2, 0) is 6.42 Å². The first-order valence-electron chi connectivity index (χ1n) is 6.81. The van der Waals surface area contributed by atoms with Crippen LogP contribution in [0.4, 0.5) is 0 Å². The highest BCUT2D eigenvalue weighted by molar-refractivity contribution is 5.37. The van der Waals surface area contributed by atoms with Crippen molar-refractivity contribution in [3.63, 3.8) is 0 Å². The average Bonchev–Trinajstić information content (AvgIpc) is 2.35. The van der Waals surface area contributed by atoms with Crippen LogP contribution in [-0.4, -0.2) is 44.7 Å². The molecule has 0 fully saturated rings. The fourth-order valence-electron chi connectivity index (χ4n) is 2.30. The summed E-state index contributed by atoms with van der Waals surface area (Å²) >= 11 is 0. The van der Waals surface area contributed by atoms with Crippen molar-refractivity contribution in [1.82, 2.24) is 10.2 Å². The van der Waals surface area contributed by atoms with E-state index < -0.39 is 0 Å². The molecular weight excluding hydrogens is 236 g/mol. The van der Waals surface area contributed by atoms with Gasteiger partial charge in [-0.05, 0) is 60.0 Å². The Morgan fingerprint density at radius 3 is 2.42 bits per heavy atom. The van der Waals surface area contributed by atoms with Crippen LogP contribution < -0.4 is 10.1 Å². The molecule has 0 aliphatic rings. The van der Waals surface area contributed by atoms with Crippen molar-refractivity contribution in [1.29, 1.82) is 0 Å². The third-order valence-corrected chi connectivity index (χ3v) is 4.21. The number of hydrogen-bond donors (Lipinski definition) is 1. The molecule has 0 radical (unpaired) electrons. The minimum Gasteiger partial charge on any atom is -0.496 e. The molecular formula is C16H28N2O. The second-order valence-electron chi connectivity index (χ2n) is 5.91. The zero-order chi connectivity index (χ0) is 14.6. The lowest BCUT2D eigenvalue weighted by molar-refractivity contribution is 0.141. The Hall–Kier alpha value is -1.06. The molecule has 0 aromatic heterocycles. The molecule has 19 heavy (non-hydrogen) atoms. The molecule has 1 aromatic carbocycles. The maximum Gasteiger partial charge on any atom is 0.122 e. The summed E-state index contributed by atoms with van der Waals surface area (Å²) in [6.45, 7) is 6.64. The molecule has 1 unspecified atom stereocenters. The van der Waals surface area contributed by atoms with E-state index in [1.165, 1.54) is 11.1 Å². The Morgan fingerprint density at radius 1 is 1.32 bits per heavy atom. The standard InChI is InChI=1S/C16H28N2O/c1-12-8-9-14(19-7)13(10-12)11-15(17-4)16(2,3)18(5)6/h8-10,15,17H,11H2,1-7H3. The SMILES string of the molecule is CNC(Cc1cc(C)ccc1OC)C(C)(C)N(C)C. The van der Waals surface area contributed by atoms with Crippen molar-refractivity contribution in [3.8, 4) is 5.75 Å². The predicted molar refractivity (Wildman–Crippen MR) is 82.0 cm³/mol. The minimum absolute atomic E-state index is 0.0729. The smallest absolute Gasteiger partial charge is 0.122 e. The molecule has 1 N–H and O–H groups in total. The number of nitrogens with zero attached hydrogens (tertiary/aromatic N) is 1. The largest absolute Gasteiger partial charge is 0.496 e. The average molecular weight is 264 g/mol. The van der Waals surface area contributed by atoms with E-state index >= 15 is 0 Å². The predicted octanol–water partition coefficient (Wildman–Crippen LogP) is 2.47. The number of aryl methyl sites for hydroxylation is 1. The van der Waals surface area contributed by atoms with Gasteiger partial charge in [0, 0.05) is 11.6 Å². The van der Waals surface area contributed by atoms with Crippen molar-refractivity contribution in [2.75, 3.05) is 28.3 Å². The van der Waals surface area contributed by atoms with E-state index in [2.05, 4.69) is 63.3 Å². The van der Waals surface area contributed by atoms with Gasteiger partial charge in [-0.3, -0.25) is 0 Å². The lowest BCUT2D eigenvalue weighted by Gasteiger charge is -2.40. The Labute approximate surface area is 118 Å².